The number of nitrogens with zero attached hydrogens (tertiary/aromatic N) is 1. The Morgan fingerprint density at radius 3 is 2.43 bits per heavy atom. The molecule has 0 aliphatic carbocycles. The number of hydrogen-bond acceptors (Lipinski definition) is 2. The first-order valence-electron chi connectivity index (χ1n) is 4.19. The van der Waals surface area contributed by atoms with Crippen LogP contribution < -0.4 is 0 Å². The quantitative estimate of drug-likeness (QED) is 0.758. The lowest BCUT2D eigenvalue weighted by atomic mass is 10.2. The van der Waals surface area contributed by atoms with Gasteiger partial charge in [0.2, 0.25) is 10.0 Å². The Hall–Kier alpha value is -1.13. The summed E-state index contributed by atoms with van der Waals surface area (Å²) in [6.07, 6.45) is 0. The monoisotopic (exact) mass is 211 g/mol. The fourth-order valence-electron chi connectivity index (χ4n) is 1.06. The molecule has 0 saturated carbocycles. The zero-order valence-corrected chi connectivity index (χ0v) is 8.87. The van der Waals surface area contributed by atoms with Gasteiger partial charge in [-0.2, -0.15) is 4.31 Å². The van der Waals surface area contributed by atoms with E-state index >= 15 is 0 Å². The molecular formula is C10H13NO2S. The molecule has 0 bridgehead atoms. The summed E-state index contributed by atoms with van der Waals surface area (Å²) in [7, 11) is -1.77. The molecule has 0 spiro atoms. The topological polar surface area (TPSA) is 37.4 Å². The smallest absolute Gasteiger partial charge is 0.208 e. The fourth-order valence-corrected chi connectivity index (χ4v) is 1.64. The van der Waals surface area contributed by atoms with Gasteiger partial charge in [-0.15, -0.1) is 0 Å². The molecule has 0 radical (unpaired) electrons. The maximum Gasteiger partial charge on any atom is 0.235 e. The van der Waals surface area contributed by atoms with Crippen LogP contribution in [0.5, 0.6) is 0 Å². The first-order chi connectivity index (χ1) is 6.56. The molecule has 0 aliphatic heterocycles. The molecule has 0 unspecified atom stereocenters. The molecule has 0 N–H and O–H groups in total. The molecule has 0 heterocycles. The highest BCUT2D eigenvalue weighted by Crippen LogP contribution is 2.07. The van der Waals surface area contributed by atoms with Crippen LogP contribution in [0.25, 0.3) is 0 Å². The second kappa shape index (κ2) is 4.39. The number of rotatable bonds is 4. The Kier molecular flexibility index (Phi) is 3.43. The normalized spacial score (nSPS) is 11.6. The summed E-state index contributed by atoms with van der Waals surface area (Å²) in [5, 5.41) is 0.954. The lowest BCUT2D eigenvalue weighted by molar-refractivity contribution is 0.475. The Morgan fingerprint density at radius 2 is 1.93 bits per heavy atom. The standard InChI is InChI=1S/C10H13NO2S/c1-3-14(12,13)11(2)9-10-7-5-4-6-8-10/h3-8H,1,9H2,2H3. The van der Waals surface area contributed by atoms with E-state index in [1.165, 1.54) is 11.4 Å². The molecule has 0 aromatic heterocycles. The first kappa shape index (κ1) is 10.9. The zero-order chi connectivity index (χ0) is 10.6. The Balaban J connectivity index is 2.77. The number of benzene rings is 1. The van der Waals surface area contributed by atoms with Gasteiger partial charge in [0.05, 0.1) is 0 Å². The molecule has 3 nitrogen and oxygen atoms in total. The predicted octanol–water partition coefficient (Wildman–Crippen LogP) is 1.59. The maximum absolute atomic E-state index is 11.3. The van der Waals surface area contributed by atoms with E-state index in [2.05, 4.69) is 6.58 Å². The van der Waals surface area contributed by atoms with Crippen LogP contribution in [-0.4, -0.2) is 19.8 Å². The van der Waals surface area contributed by atoms with Crippen molar-refractivity contribution in [2.24, 2.45) is 0 Å². The molecule has 0 fully saturated rings. The molecule has 0 amide bonds. The van der Waals surface area contributed by atoms with Crippen LogP contribution in [0.1, 0.15) is 5.56 Å². The van der Waals surface area contributed by atoms with Crippen molar-refractivity contribution in [3.8, 4) is 0 Å². The molecule has 76 valence electrons. The van der Waals surface area contributed by atoms with Gasteiger partial charge in [-0.05, 0) is 5.56 Å². The van der Waals surface area contributed by atoms with Crippen molar-refractivity contribution in [2.75, 3.05) is 7.05 Å². The van der Waals surface area contributed by atoms with E-state index in [-0.39, 0.29) is 0 Å². The van der Waals surface area contributed by atoms with Crippen LogP contribution in [0.15, 0.2) is 42.3 Å². The van der Waals surface area contributed by atoms with Crippen molar-refractivity contribution in [1.82, 2.24) is 4.31 Å². The molecule has 0 saturated heterocycles. The minimum atomic E-state index is -3.30. The van der Waals surface area contributed by atoms with Crippen molar-refractivity contribution in [3.05, 3.63) is 47.9 Å². The van der Waals surface area contributed by atoms with Gasteiger partial charge in [-0.3, -0.25) is 0 Å². The predicted molar refractivity (Wildman–Crippen MR) is 57.0 cm³/mol. The van der Waals surface area contributed by atoms with Gasteiger partial charge in [-0.25, -0.2) is 8.42 Å². The highest BCUT2D eigenvalue weighted by Gasteiger charge is 2.12. The minimum Gasteiger partial charge on any atom is -0.208 e. The van der Waals surface area contributed by atoms with Gasteiger partial charge in [-0.1, -0.05) is 36.9 Å². The van der Waals surface area contributed by atoms with Gasteiger partial charge in [0.1, 0.15) is 0 Å². The summed E-state index contributed by atoms with van der Waals surface area (Å²) in [6.45, 7) is 3.64. The van der Waals surface area contributed by atoms with E-state index in [0.717, 1.165) is 11.0 Å². The molecule has 1 aromatic rings. The van der Waals surface area contributed by atoms with E-state index in [1.807, 2.05) is 30.3 Å². The average molecular weight is 211 g/mol. The van der Waals surface area contributed by atoms with Crippen LogP contribution >= 0.6 is 0 Å². The van der Waals surface area contributed by atoms with Crippen molar-refractivity contribution in [1.29, 1.82) is 0 Å². The lowest BCUT2D eigenvalue weighted by Crippen LogP contribution is -2.23. The highest BCUT2D eigenvalue weighted by atomic mass is 32.2. The van der Waals surface area contributed by atoms with Crippen LogP contribution in [0, 0.1) is 0 Å². The zero-order valence-electron chi connectivity index (χ0n) is 8.05. The van der Waals surface area contributed by atoms with E-state index in [0.29, 0.717) is 6.54 Å². The Labute approximate surface area is 84.7 Å². The van der Waals surface area contributed by atoms with Crippen LogP contribution in [0.3, 0.4) is 0 Å². The third kappa shape index (κ3) is 2.68. The Bertz CT molecular complexity index is 397. The van der Waals surface area contributed by atoms with Gasteiger partial charge >= 0.3 is 0 Å². The summed E-state index contributed by atoms with van der Waals surface area (Å²) in [5.41, 5.74) is 0.959. The van der Waals surface area contributed by atoms with E-state index < -0.39 is 10.0 Å². The maximum atomic E-state index is 11.3. The summed E-state index contributed by atoms with van der Waals surface area (Å²) in [5.74, 6) is 0. The van der Waals surface area contributed by atoms with E-state index in [1.54, 1.807) is 0 Å². The Morgan fingerprint density at radius 1 is 1.36 bits per heavy atom. The second-order valence-electron chi connectivity index (χ2n) is 2.95. The van der Waals surface area contributed by atoms with Crippen molar-refractivity contribution in [2.45, 2.75) is 6.54 Å². The second-order valence-corrected chi connectivity index (χ2v) is 4.94. The SMILES string of the molecule is C=CS(=O)(=O)N(C)Cc1ccccc1. The minimum absolute atomic E-state index is 0.370. The molecule has 1 aromatic carbocycles. The third-order valence-corrected chi connectivity index (χ3v) is 3.31. The van der Waals surface area contributed by atoms with Gasteiger partial charge in [0, 0.05) is 19.0 Å². The number of hydrogen-bond donors (Lipinski definition) is 0. The van der Waals surface area contributed by atoms with Gasteiger partial charge < -0.3 is 0 Å². The van der Waals surface area contributed by atoms with E-state index in [4.69, 9.17) is 0 Å². The summed E-state index contributed by atoms with van der Waals surface area (Å²) >= 11 is 0. The summed E-state index contributed by atoms with van der Waals surface area (Å²) < 4.78 is 23.9. The first-order valence-corrected chi connectivity index (χ1v) is 5.69. The largest absolute Gasteiger partial charge is 0.235 e. The average Bonchev–Trinajstić information content (AvgIpc) is 2.19. The lowest BCUT2D eigenvalue weighted by Gasteiger charge is -2.13. The van der Waals surface area contributed by atoms with Gasteiger partial charge in [0.15, 0.2) is 0 Å². The van der Waals surface area contributed by atoms with Crippen molar-refractivity contribution in [3.63, 3.8) is 0 Å². The van der Waals surface area contributed by atoms with Crippen LogP contribution in [-0.2, 0) is 16.6 Å². The van der Waals surface area contributed by atoms with Crippen molar-refractivity contribution < 1.29 is 8.42 Å². The molecule has 1 rings (SSSR count). The molecule has 4 heteroatoms. The van der Waals surface area contributed by atoms with E-state index in [9.17, 15) is 8.42 Å². The van der Waals surface area contributed by atoms with Crippen LogP contribution in [0.2, 0.25) is 0 Å². The summed E-state index contributed by atoms with van der Waals surface area (Å²) in [6, 6.07) is 9.42. The molecule has 0 aliphatic rings. The fraction of sp³-hybridized carbons (Fsp3) is 0.200. The van der Waals surface area contributed by atoms with Crippen molar-refractivity contribution >= 4 is 10.0 Å². The van der Waals surface area contributed by atoms with Gasteiger partial charge in [0.25, 0.3) is 0 Å². The van der Waals surface area contributed by atoms with Crippen LogP contribution in [0.4, 0.5) is 0 Å². The highest BCUT2D eigenvalue weighted by molar-refractivity contribution is 7.91. The molecule has 14 heavy (non-hydrogen) atoms. The summed E-state index contributed by atoms with van der Waals surface area (Å²) in [4.78, 5) is 0. The number of sulfonamides is 1. The molecule has 0 atom stereocenters. The molecular weight excluding hydrogens is 198 g/mol. The third-order valence-electron chi connectivity index (χ3n) is 1.89.